The summed E-state index contributed by atoms with van der Waals surface area (Å²) in [6, 6.07) is 10.1. The van der Waals surface area contributed by atoms with Crippen molar-refractivity contribution in [3.05, 3.63) is 68.7 Å². The molecule has 0 saturated heterocycles. The SMILES string of the molecule is Cc1ccc(OCc2csc(C(=O)NC(C)Cn3nc(C)cc3C)c2)c(C)c1. The molecule has 3 rings (SSSR count). The lowest BCUT2D eigenvalue weighted by molar-refractivity contribution is 0.0940. The molecule has 1 atom stereocenters. The number of ether oxygens (including phenoxy) is 1. The number of hydrogen-bond acceptors (Lipinski definition) is 4. The Bertz CT molecular complexity index is 974. The first kappa shape index (κ1) is 20.1. The third-order valence-electron chi connectivity index (χ3n) is 4.53. The van der Waals surface area contributed by atoms with Gasteiger partial charge in [0.2, 0.25) is 0 Å². The third-order valence-corrected chi connectivity index (χ3v) is 5.51. The number of nitrogens with zero attached hydrogens (tertiary/aromatic N) is 2. The zero-order valence-corrected chi connectivity index (χ0v) is 17.9. The number of aryl methyl sites for hydroxylation is 4. The molecule has 0 aliphatic heterocycles. The van der Waals surface area contributed by atoms with Gasteiger partial charge in [0.1, 0.15) is 12.4 Å². The minimum Gasteiger partial charge on any atom is -0.489 e. The van der Waals surface area contributed by atoms with Crippen LogP contribution < -0.4 is 10.1 Å². The highest BCUT2D eigenvalue weighted by atomic mass is 32.1. The molecule has 1 unspecified atom stereocenters. The monoisotopic (exact) mass is 397 g/mol. The summed E-state index contributed by atoms with van der Waals surface area (Å²) in [6.45, 7) is 11.2. The molecule has 0 aliphatic rings. The second-order valence-corrected chi connectivity index (χ2v) is 8.27. The summed E-state index contributed by atoms with van der Waals surface area (Å²) >= 11 is 1.44. The summed E-state index contributed by atoms with van der Waals surface area (Å²) in [4.78, 5) is 13.2. The number of amides is 1. The van der Waals surface area contributed by atoms with Crippen molar-refractivity contribution in [3.63, 3.8) is 0 Å². The lowest BCUT2D eigenvalue weighted by Gasteiger charge is -2.14. The van der Waals surface area contributed by atoms with E-state index in [0.717, 1.165) is 28.3 Å². The molecule has 148 valence electrons. The first-order valence-electron chi connectivity index (χ1n) is 9.41. The van der Waals surface area contributed by atoms with Crippen molar-refractivity contribution in [2.24, 2.45) is 0 Å². The van der Waals surface area contributed by atoms with Gasteiger partial charge in [0.25, 0.3) is 5.91 Å². The Labute approximate surface area is 170 Å². The Morgan fingerprint density at radius 2 is 2.00 bits per heavy atom. The zero-order chi connectivity index (χ0) is 20.3. The third kappa shape index (κ3) is 5.01. The molecule has 5 nitrogen and oxygen atoms in total. The fourth-order valence-corrected chi connectivity index (χ4v) is 3.95. The molecule has 0 spiro atoms. The lowest BCUT2D eigenvalue weighted by atomic mass is 10.1. The van der Waals surface area contributed by atoms with Crippen LogP contribution in [0, 0.1) is 27.7 Å². The number of carbonyl (C=O) groups excluding carboxylic acids is 1. The Morgan fingerprint density at radius 1 is 1.21 bits per heavy atom. The number of carbonyl (C=O) groups is 1. The van der Waals surface area contributed by atoms with Gasteiger partial charge in [0.15, 0.2) is 0 Å². The quantitative estimate of drug-likeness (QED) is 0.635. The van der Waals surface area contributed by atoms with E-state index in [-0.39, 0.29) is 11.9 Å². The zero-order valence-electron chi connectivity index (χ0n) is 17.1. The number of aromatic nitrogens is 2. The van der Waals surface area contributed by atoms with Gasteiger partial charge in [-0.1, -0.05) is 17.7 Å². The smallest absolute Gasteiger partial charge is 0.261 e. The predicted molar refractivity (Wildman–Crippen MR) is 113 cm³/mol. The van der Waals surface area contributed by atoms with Crippen molar-refractivity contribution < 1.29 is 9.53 Å². The molecule has 0 saturated carbocycles. The normalized spacial score (nSPS) is 12.0. The first-order chi connectivity index (χ1) is 13.3. The van der Waals surface area contributed by atoms with E-state index in [1.165, 1.54) is 16.9 Å². The highest BCUT2D eigenvalue weighted by Gasteiger charge is 2.14. The van der Waals surface area contributed by atoms with E-state index in [0.29, 0.717) is 18.0 Å². The molecule has 1 N–H and O–H groups in total. The number of hydrogen-bond donors (Lipinski definition) is 1. The van der Waals surface area contributed by atoms with Gasteiger partial charge in [-0.3, -0.25) is 9.48 Å². The van der Waals surface area contributed by atoms with Crippen LogP contribution in [0.2, 0.25) is 0 Å². The number of rotatable bonds is 7. The number of thiophene rings is 1. The minimum absolute atomic E-state index is 0.0116. The van der Waals surface area contributed by atoms with Gasteiger partial charge in [0, 0.05) is 17.3 Å². The number of benzene rings is 1. The van der Waals surface area contributed by atoms with Gasteiger partial charge >= 0.3 is 0 Å². The molecule has 1 aromatic carbocycles. The van der Waals surface area contributed by atoms with Crippen molar-refractivity contribution in [3.8, 4) is 5.75 Å². The summed E-state index contributed by atoms with van der Waals surface area (Å²) in [7, 11) is 0. The highest BCUT2D eigenvalue weighted by molar-refractivity contribution is 7.12. The molecule has 0 fully saturated rings. The molecule has 0 aliphatic carbocycles. The summed E-state index contributed by atoms with van der Waals surface area (Å²) in [5, 5.41) is 9.48. The average Bonchev–Trinajstić information content (AvgIpc) is 3.20. The van der Waals surface area contributed by atoms with Crippen LogP contribution in [0.5, 0.6) is 5.75 Å². The highest BCUT2D eigenvalue weighted by Crippen LogP contribution is 2.22. The van der Waals surface area contributed by atoms with Crippen LogP contribution in [0.3, 0.4) is 0 Å². The lowest BCUT2D eigenvalue weighted by Crippen LogP contribution is -2.35. The van der Waals surface area contributed by atoms with Crippen molar-refractivity contribution in [1.29, 1.82) is 0 Å². The maximum atomic E-state index is 12.5. The van der Waals surface area contributed by atoms with Gasteiger partial charge in [-0.2, -0.15) is 5.10 Å². The van der Waals surface area contributed by atoms with E-state index in [1.807, 2.05) is 62.0 Å². The van der Waals surface area contributed by atoms with Crippen molar-refractivity contribution in [2.75, 3.05) is 0 Å². The maximum absolute atomic E-state index is 12.5. The van der Waals surface area contributed by atoms with Crippen LogP contribution in [0.25, 0.3) is 0 Å². The van der Waals surface area contributed by atoms with E-state index in [2.05, 4.69) is 23.4 Å². The predicted octanol–water partition coefficient (Wildman–Crippen LogP) is 4.58. The van der Waals surface area contributed by atoms with E-state index >= 15 is 0 Å². The van der Waals surface area contributed by atoms with Crippen LogP contribution in [0.1, 0.15) is 44.7 Å². The van der Waals surface area contributed by atoms with E-state index < -0.39 is 0 Å². The number of nitrogens with one attached hydrogen (secondary N) is 1. The molecule has 1 amide bonds. The van der Waals surface area contributed by atoms with Crippen molar-refractivity contribution in [1.82, 2.24) is 15.1 Å². The molecular weight excluding hydrogens is 370 g/mol. The molecule has 28 heavy (non-hydrogen) atoms. The molecule has 6 heteroatoms. The van der Waals surface area contributed by atoms with Gasteiger partial charge in [-0.25, -0.2) is 0 Å². The average molecular weight is 398 g/mol. The Hall–Kier alpha value is -2.60. The minimum atomic E-state index is -0.0585. The van der Waals surface area contributed by atoms with Gasteiger partial charge in [0.05, 0.1) is 17.1 Å². The van der Waals surface area contributed by atoms with Gasteiger partial charge in [-0.15, -0.1) is 11.3 Å². The van der Waals surface area contributed by atoms with Crippen LogP contribution in [0.4, 0.5) is 0 Å². The first-order valence-corrected chi connectivity index (χ1v) is 10.3. The molecular formula is C22H27N3O2S. The van der Waals surface area contributed by atoms with Crippen molar-refractivity contribution >= 4 is 17.2 Å². The summed E-state index contributed by atoms with van der Waals surface area (Å²) in [5.41, 5.74) is 5.42. The molecule has 2 aromatic heterocycles. The Kier molecular flexibility index (Phi) is 6.19. The molecule has 0 bridgehead atoms. The summed E-state index contributed by atoms with van der Waals surface area (Å²) in [5.74, 6) is 0.818. The van der Waals surface area contributed by atoms with E-state index in [4.69, 9.17) is 4.74 Å². The fraction of sp³-hybridized carbons (Fsp3) is 0.364. The molecule has 3 aromatic rings. The van der Waals surface area contributed by atoms with E-state index in [9.17, 15) is 4.79 Å². The Morgan fingerprint density at radius 3 is 2.68 bits per heavy atom. The summed E-state index contributed by atoms with van der Waals surface area (Å²) < 4.78 is 7.84. The van der Waals surface area contributed by atoms with Gasteiger partial charge < -0.3 is 10.1 Å². The molecule has 2 heterocycles. The van der Waals surface area contributed by atoms with Crippen LogP contribution in [-0.4, -0.2) is 21.7 Å². The summed E-state index contributed by atoms with van der Waals surface area (Å²) in [6.07, 6.45) is 0. The van der Waals surface area contributed by atoms with Gasteiger partial charge in [-0.05, 0) is 63.8 Å². The topological polar surface area (TPSA) is 56.1 Å². The van der Waals surface area contributed by atoms with Crippen molar-refractivity contribution in [2.45, 2.75) is 53.8 Å². The Balaban J connectivity index is 1.55. The maximum Gasteiger partial charge on any atom is 0.261 e. The van der Waals surface area contributed by atoms with Crippen LogP contribution in [0.15, 0.2) is 35.7 Å². The fourth-order valence-electron chi connectivity index (χ4n) is 3.15. The second-order valence-electron chi connectivity index (χ2n) is 7.36. The standard InChI is InChI=1S/C22H27N3O2S/c1-14-6-7-20(15(2)8-14)27-12-19-10-21(28-13-19)22(26)23-17(4)11-25-18(5)9-16(3)24-25/h6-10,13,17H,11-12H2,1-5H3,(H,23,26). The largest absolute Gasteiger partial charge is 0.489 e. The van der Waals surface area contributed by atoms with E-state index in [1.54, 1.807) is 0 Å². The van der Waals surface area contributed by atoms with Crippen LogP contribution in [-0.2, 0) is 13.2 Å². The van der Waals surface area contributed by atoms with Crippen LogP contribution >= 0.6 is 11.3 Å². The molecule has 0 radical (unpaired) electrons. The second kappa shape index (κ2) is 8.61.